The molecule has 0 unspecified atom stereocenters. The van der Waals surface area contributed by atoms with Crippen LogP contribution in [0.3, 0.4) is 0 Å². The van der Waals surface area contributed by atoms with E-state index >= 15 is 0 Å². The Labute approximate surface area is 179 Å². The van der Waals surface area contributed by atoms with Crippen molar-refractivity contribution in [1.29, 1.82) is 5.26 Å². The molecule has 0 saturated heterocycles. The molecule has 0 bridgehead atoms. The van der Waals surface area contributed by atoms with Crippen molar-refractivity contribution in [3.63, 3.8) is 0 Å². The molecule has 164 valence electrons. The van der Waals surface area contributed by atoms with E-state index in [-0.39, 0.29) is 35.3 Å². The number of fused-ring (bicyclic) bond motifs is 1. The molecule has 1 saturated carbocycles. The van der Waals surface area contributed by atoms with Gasteiger partial charge in [0, 0.05) is 12.5 Å². The van der Waals surface area contributed by atoms with Crippen LogP contribution in [0.25, 0.3) is 5.69 Å². The highest BCUT2D eigenvalue weighted by Crippen LogP contribution is 2.39. The maximum absolute atomic E-state index is 13.7. The molecule has 2 aliphatic rings. The third kappa shape index (κ3) is 4.19. The molecule has 1 heterocycles. The van der Waals surface area contributed by atoms with Crippen LogP contribution in [-0.4, -0.2) is 32.8 Å². The van der Waals surface area contributed by atoms with E-state index in [1.165, 1.54) is 4.68 Å². The summed E-state index contributed by atoms with van der Waals surface area (Å²) in [4.78, 5) is 12.7. The van der Waals surface area contributed by atoms with Crippen molar-refractivity contribution in [2.24, 2.45) is 5.41 Å². The Kier molecular flexibility index (Phi) is 5.56. The maximum Gasteiger partial charge on any atom is 0.282 e. The first kappa shape index (κ1) is 21.4. The van der Waals surface area contributed by atoms with Gasteiger partial charge in [-0.1, -0.05) is 13.8 Å². The number of benzene rings is 1. The first-order chi connectivity index (χ1) is 14.7. The second kappa shape index (κ2) is 8.04. The Morgan fingerprint density at radius 1 is 1.26 bits per heavy atom. The Hall–Kier alpha value is -2.79. The average Bonchev–Trinajstić information content (AvgIpc) is 3.08. The van der Waals surface area contributed by atoms with E-state index < -0.39 is 12.1 Å². The number of aromatic nitrogens is 2. The molecule has 0 spiro atoms. The van der Waals surface area contributed by atoms with E-state index in [1.54, 1.807) is 18.2 Å². The molecule has 2 N–H and O–H groups in total. The van der Waals surface area contributed by atoms with E-state index in [4.69, 9.17) is 0 Å². The van der Waals surface area contributed by atoms with Crippen LogP contribution < -0.4 is 5.32 Å². The van der Waals surface area contributed by atoms with Crippen molar-refractivity contribution in [1.82, 2.24) is 9.78 Å². The number of alkyl halides is 2. The molecule has 31 heavy (non-hydrogen) atoms. The van der Waals surface area contributed by atoms with Gasteiger partial charge in [-0.2, -0.15) is 10.4 Å². The summed E-state index contributed by atoms with van der Waals surface area (Å²) in [6.07, 6.45) is 0.490. The summed E-state index contributed by atoms with van der Waals surface area (Å²) in [6.45, 7) is 3.88. The third-order valence-electron chi connectivity index (χ3n) is 6.20. The van der Waals surface area contributed by atoms with Crippen LogP contribution in [0.5, 0.6) is 0 Å². The Morgan fingerprint density at radius 2 is 1.97 bits per heavy atom. The lowest BCUT2D eigenvalue weighted by atomic mass is 9.75. The van der Waals surface area contributed by atoms with Crippen molar-refractivity contribution < 1.29 is 18.7 Å². The van der Waals surface area contributed by atoms with E-state index in [0.29, 0.717) is 41.9 Å². The number of hydrogen-bond donors (Lipinski definition) is 2. The van der Waals surface area contributed by atoms with Gasteiger partial charge in [-0.25, -0.2) is 13.5 Å². The number of nitrogens with one attached hydrogen (secondary N) is 1. The first-order valence-corrected chi connectivity index (χ1v) is 10.6. The second-order valence-electron chi connectivity index (χ2n) is 9.35. The molecule has 1 fully saturated rings. The van der Waals surface area contributed by atoms with Crippen molar-refractivity contribution >= 4 is 11.5 Å². The number of Topliss-reactive ketones (excluding diaryl/α,β-unsaturated/α-hetero) is 1. The highest BCUT2D eigenvalue weighted by atomic mass is 19.3. The highest BCUT2D eigenvalue weighted by molar-refractivity contribution is 6.00. The van der Waals surface area contributed by atoms with Crippen LogP contribution in [-0.2, 0) is 6.42 Å². The van der Waals surface area contributed by atoms with Crippen LogP contribution in [0, 0.1) is 16.7 Å². The molecular formula is C23H26F2N4O2. The van der Waals surface area contributed by atoms with Gasteiger partial charge in [0.05, 0.1) is 34.3 Å². The smallest absolute Gasteiger partial charge is 0.282 e. The molecule has 8 heteroatoms. The number of carbonyl (C=O) groups is 1. The van der Waals surface area contributed by atoms with Gasteiger partial charge in [-0.3, -0.25) is 4.79 Å². The second-order valence-corrected chi connectivity index (χ2v) is 9.35. The quantitative estimate of drug-likeness (QED) is 0.745. The van der Waals surface area contributed by atoms with Crippen molar-refractivity contribution in [2.75, 3.05) is 5.32 Å². The monoisotopic (exact) mass is 428 g/mol. The highest BCUT2D eigenvalue weighted by Gasteiger charge is 2.38. The first-order valence-electron chi connectivity index (χ1n) is 10.6. The average molecular weight is 428 g/mol. The van der Waals surface area contributed by atoms with Gasteiger partial charge in [0.25, 0.3) is 6.43 Å². The summed E-state index contributed by atoms with van der Waals surface area (Å²) in [5, 5.41) is 26.8. The minimum Gasteiger partial charge on any atom is -0.393 e. The zero-order valence-electron chi connectivity index (χ0n) is 17.7. The summed E-state index contributed by atoms with van der Waals surface area (Å²) in [7, 11) is 0. The number of rotatable bonds is 4. The lowest BCUT2D eigenvalue weighted by Gasteiger charge is -2.29. The number of nitriles is 1. The topological polar surface area (TPSA) is 90.9 Å². The van der Waals surface area contributed by atoms with E-state index in [9.17, 15) is 23.9 Å². The van der Waals surface area contributed by atoms with Crippen molar-refractivity contribution in [2.45, 2.75) is 70.9 Å². The minimum atomic E-state index is -2.84. The molecule has 0 radical (unpaired) electrons. The molecule has 0 aliphatic heterocycles. The fraction of sp³-hybridized carbons (Fsp3) is 0.522. The molecule has 4 rings (SSSR count). The fourth-order valence-corrected chi connectivity index (χ4v) is 4.66. The molecule has 2 aliphatic carbocycles. The summed E-state index contributed by atoms with van der Waals surface area (Å²) in [5.74, 6) is -0.305. The van der Waals surface area contributed by atoms with Gasteiger partial charge in [-0.05, 0) is 55.7 Å². The number of anilines is 1. The SMILES string of the molecule is CC1(C)CC(=O)c2c(C(F)F)nn(-c3ccc(C#N)c(NC4CCC(O)CC4)c3)c2C1. The molecule has 0 amide bonds. The minimum absolute atomic E-state index is 0.0365. The van der Waals surface area contributed by atoms with E-state index in [2.05, 4.69) is 16.5 Å². The molecule has 2 aromatic rings. The Bertz CT molecular complexity index is 1050. The van der Waals surface area contributed by atoms with Crippen LogP contribution in [0.15, 0.2) is 18.2 Å². The summed E-state index contributed by atoms with van der Waals surface area (Å²) >= 11 is 0. The zero-order chi connectivity index (χ0) is 22.3. The van der Waals surface area contributed by atoms with Gasteiger partial charge in [0.15, 0.2) is 5.78 Å². The van der Waals surface area contributed by atoms with Gasteiger partial charge in [0.1, 0.15) is 11.8 Å². The van der Waals surface area contributed by atoms with Crippen LogP contribution in [0.1, 0.15) is 79.7 Å². The normalized spacial score (nSPS) is 22.8. The number of aliphatic hydroxyl groups is 1. The van der Waals surface area contributed by atoms with Crippen LogP contribution in [0.4, 0.5) is 14.5 Å². The van der Waals surface area contributed by atoms with E-state index in [1.807, 2.05) is 13.8 Å². The third-order valence-corrected chi connectivity index (χ3v) is 6.20. The lowest BCUT2D eigenvalue weighted by molar-refractivity contribution is 0.0896. The Balaban J connectivity index is 1.76. The van der Waals surface area contributed by atoms with Crippen LogP contribution >= 0.6 is 0 Å². The van der Waals surface area contributed by atoms with Crippen molar-refractivity contribution in [3.8, 4) is 11.8 Å². The number of nitrogens with zero attached hydrogens (tertiary/aromatic N) is 3. The number of aliphatic hydroxyl groups excluding tert-OH is 1. The number of carbonyl (C=O) groups excluding carboxylic acids is 1. The molecule has 0 atom stereocenters. The number of halogens is 2. The Morgan fingerprint density at radius 3 is 2.61 bits per heavy atom. The lowest BCUT2D eigenvalue weighted by Crippen LogP contribution is -2.29. The van der Waals surface area contributed by atoms with Gasteiger partial charge < -0.3 is 10.4 Å². The molecule has 6 nitrogen and oxygen atoms in total. The van der Waals surface area contributed by atoms with Crippen molar-refractivity contribution in [3.05, 3.63) is 40.7 Å². The predicted molar refractivity (Wildman–Crippen MR) is 112 cm³/mol. The summed E-state index contributed by atoms with van der Waals surface area (Å²) < 4.78 is 28.8. The maximum atomic E-state index is 13.7. The fourth-order valence-electron chi connectivity index (χ4n) is 4.66. The predicted octanol–water partition coefficient (Wildman–Crippen LogP) is 4.55. The molecular weight excluding hydrogens is 402 g/mol. The summed E-state index contributed by atoms with van der Waals surface area (Å²) in [6, 6.07) is 7.33. The van der Waals surface area contributed by atoms with Gasteiger partial charge >= 0.3 is 0 Å². The standard InChI is InChI=1S/C23H26F2N4O2/c1-23(2)10-18-20(19(31)11-23)21(22(24)25)28-29(18)15-6-3-13(12-26)17(9-15)27-14-4-7-16(30)8-5-14/h3,6,9,14,16,22,27,30H,4-5,7-8,10-11H2,1-2H3. The number of ketones is 1. The zero-order valence-corrected chi connectivity index (χ0v) is 17.7. The van der Waals surface area contributed by atoms with Gasteiger partial charge in [-0.15, -0.1) is 0 Å². The van der Waals surface area contributed by atoms with Gasteiger partial charge in [0.2, 0.25) is 0 Å². The largest absolute Gasteiger partial charge is 0.393 e. The summed E-state index contributed by atoms with van der Waals surface area (Å²) in [5.41, 5.74) is 1.29. The molecule has 1 aromatic heterocycles. The van der Waals surface area contributed by atoms with Crippen LogP contribution in [0.2, 0.25) is 0 Å². The molecule has 1 aromatic carbocycles. The van der Waals surface area contributed by atoms with E-state index in [0.717, 1.165) is 12.8 Å². The number of hydrogen-bond acceptors (Lipinski definition) is 5.